The highest BCUT2D eigenvalue weighted by Gasteiger charge is 2.19. The number of nitrogens with zero attached hydrogens (tertiary/aromatic N) is 2. The Morgan fingerprint density at radius 2 is 0.931 bits per heavy atom. The van der Waals surface area contributed by atoms with Crippen molar-refractivity contribution in [3.8, 4) is 55.9 Å². The van der Waals surface area contributed by atoms with Crippen LogP contribution in [0.25, 0.3) is 67.2 Å². The third-order valence-corrected chi connectivity index (χ3v) is 11.4. The summed E-state index contributed by atoms with van der Waals surface area (Å²) in [5.74, 6) is 0.857. The van der Waals surface area contributed by atoms with Gasteiger partial charge in [-0.15, -0.1) is 0 Å². The third-order valence-electron chi connectivity index (χ3n) is 11.4. The molecule has 1 aliphatic carbocycles. The molecule has 0 N–H and O–H groups in total. The number of rotatable bonds is 9. The highest BCUT2D eigenvalue weighted by Crippen LogP contribution is 2.39. The second kappa shape index (κ2) is 15.3. The number of ether oxygens (including phenoxy) is 1. The molecule has 3 nitrogen and oxygen atoms in total. The van der Waals surface area contributed by atoms with Crippen LogP contribution in [0.1, 0.15) is 17.7 Å². The molecule has 58 heavy (non-hydrogen) atoms. The van der Waals surface area contributed by atoms with E-state index >= 15 is 0 Å². The largest absolute Gasteiger partial charge is 0.497 e. The van der Waals surface area contributed by atoms with E-state index in [0.717, 1.165) is 41.2 Å². The van der Waals surface area contributed by atoms with Gasteiger partial charge in [0.25, 0.3) is 0 Å². The normalized spacial score (nSPS) is 12.0. The van der Waals surface area contributed by atoms with Crippen LogP contribution in [-0.2, 0) is 6.42 Å². The van der Waals surface area contributed by atoms with Gasteiger partial charge < -0.3 is 14.2 Å². The number of allylic oxidation sites excluding steroid dienone is 1. The van der Waals surface area contributed by atoms with E-state index in [-0.39, 0.29) is 0 Å². The molecule has 1 aliphatic rings. The molecule has 1 aromatic heterocycles. The van der Waals surface area contributed by atoms with E-state index in [2.05, 4.69) is 210 Å². The van der Waals surface area contributed by atoms with Gasteiger partial charge in [-0.25, -0.2) is 0 Å². The lowest BCUT2D eigenvalue weighted by atomic mass is 9.98. The molecule has 0 spiro atoms. The van der Waals surface area contributed by atoms with Crippen molar-refractivity contribution in [2.24, 2.45) is 0 Å². The molecule has 3 heteroatoms. The molecule has 0 atom stereocenters. The molecule has 9 aromatic rings. The monoisotopic (exact) mass is 746 g/mol. The van der Waals surface area contributed by atoms with Gasteiger partial charge in [0.15, 0.2) is 0 Å². The van der Waals surface area contributed by atoms with Crippen LogP contribution in [0, 0.1) is 0 Å². The van der Waals surface area contributed by atoms with E-state index in [1.165, 1.54) is 66.8 Å². The van der Waals surface area contributed by atoms with Crippen LogP contribution >= 0.6 is 0 Å². The summed E-state index contributed by atoms with van der Waals surface area (Å²) in [5, 5.41) is 1.35. The molecule has 10 rings (SSSR count). The Morgan fingerprint density at radius 3 is 1.53 bits per heavy atom. The Bertz CT molecular complexity index is 2890. The number of para-hydroxylation sites is 1. The average Bonchev–Trinajstić information content (AvgIpc) is 3.65. The van der Waals surface area contributed by atoms with Crippen LogP contribution in [0.3, 0.4) is 0 Å². The lowest BCUT2D eigenvalue weighted by Gasteiger charge is -2.26. The molecule has 0 radical (unpaired) electrons. The van der Waals surface area contributed by atoms with Crippen molar-refractivity contribution in [1.29, 1.82) is 0 Å². The van der Waals surface area contributed by atoms with Crippen molar-refractivity contribution >= 4 is 34.0 Å². The van der Waals surface area contributed by atoms with Gasteiger partial charge in [0.1, 0.15) is 5.75 Å². The van der Waals surface area contributed by atoms with E-state index < -0.39 is 0 Å². The standard InChI is InChI=1S/C55H42N2O/c1-58-51-35-27-43(28-36-51)45-14-9-13-44(37-45)41-23-31-48(32-24-41)56(47-29-21-40(22-30-47)39-11-3-2-4-12-39)49-33-25-42(26-34-49)46-15-10-16-50(38-46)57-54-19-7-5-17-52(54)53-18-6-8-20-55(53)57/h2-5,7-17,19-38H,6,18H2,1H3. The number of aromatic nitrogens is 1. The first-order chi connectivity index (χ1) is 28.7. The molecular weight excluding hydrogens is 705 g/mol. The Labute approximate surface area is 340 Å². The van der Waals surface area contributed by atoms with Crippen LogP contribution in [0.2, 0.25) is 0 Å². The summed E-state index contributed by atoms with van der Waals surface area (Å²) in [6.45, 7) is 0. The third kappa shape index (κ3) is 6.67. The molecule has 1 heterocycles. The van der Waals surface area contributed by atoms with Crippen molar-refractivity contribution in [1.82, 2.24) is 4.57 Å². The highest BCUT2D eigenvalue weighted by atomic mass is 16.5. The number of methoxy groups -OCH3 is 1. The number of aryl methyl sites for hydroxylation is 1. The summed E-state index contributed by atoms with van der Waals surface area (Å²) in [6.07, 6.45) is 6.77. The van der Waals surface area contributed by atoms with E-state index in [9.17, 15) is 0 Å². The number of anilines is 3. The smallest absolute Gasteiger partial charge is 0.118 e. The molecule has 0 unspecified atom stereocenters. The van der Waals surface area contributed by atoms with Gasteiger partial charge in [0, 0.05) is 33.8 Å². The first-order valence-electron chi connectivity index (χ1n) is 20.0. The van der Waals surface area contributed by atoms with Crippen LogP contribution in [0.5, 0.6) is 5.75 Å². The van der Waals surface area contributed by atoms with E-state index in [4.69, 9.17) is 4.74 Å². The summed E-state index contributed by atoms with van der Waals surface area (Å²) in [5.41, 5.74) is 17.9. The summed E-state index contributed by atoms with van der Waals surface area (Å²) in [6, 6.07) is 72.1. The number of benzene rings is 8. The predicted octanol–water partition coefficient (Wildman–Crippen LogP) is 14.7. The fourth-order valence-corrected chi connectivity index (χ4v) is 8.44. The van der Waals surface area contributed by atoms with Crippen LogP contribution in [0.15, 0.2) is 206 Å². The topological polar surface area (TPSA) is 17.4 Å². The lowest BCUT2D eigenvalue weighted by molar-refractivity contribution is 0.415. The second-order valence-corrected chi connectivity index (χ2v) is 14.9. The van der Waals surface area contributed by atoms with Gasteiger partial charge in [0.2, 0.25) is 0 Å². The Kier molecular flexibility index (Phi) is 9.25. The second-order valence-electron chi connectivity index (χ2n) is 14.9. The first-order valence-corrected chi connectivity index (χ1v) is 20.0. The maximum absolute atomic E-state index is 5.38. The zero-order valence-corrected chi connectivity index (χ0v) is 32.4. The lowest BCUT2D eigenvalue weighted by Crippen LogP contribution is -2.09. The van der Waals surface area contributed by atoms with Crippen molar-refractivity contribution in [3.05, 3.63) is 218 Å². The highest BCUT2D eigenvalue weighted by molar-refractivity contribution is 5.91. The Hall–Kier alpha value is -7.36. The summed E-state index contributed by atoms with van der Waals surface area (Å²) >= 11 is 0. The summed E-state index contributed by atoms with van der Waals surface area (Å²) < 4.78 is 7.81. The molecule has 0 saturated carbocycles. The van der Waals surface area contributed by atoms with Crippen LogP contribution in [0.4, 0.5) is 17.1 Å². The van der Waals surface area contributed by atoms with E-state index in [1.54, 1.807) is 7.11 Å². The molecule has 0 saturated heterocycles. The molecule has 278 valence electrons. The van der Waals surface area contributed by atoms with Gasteiger partial charge in [-0.3, -0.25) is 0 Å². The predicted molar refractivity (Wildman–Crippen MR) is 244 cm³/mol. The number of fused-ring (bicyclic) bond motifs is 3. The minimum absolute atomic E-state index is 0.857. The van der Waals surface area contributed by atoms with Gasteiger partial charge in [-0.1, -0.05) is 133 Å². The van der Waals surface area contributed by atoms with Crippen LogP contribution in [-0.4, -0.2) is 11.7 Å². The van der Waals surface area contributed by atoms with E-state index in [0.29, 0.717) is 0 Å². The first kappa shape index (κ1) is 35.1. The number of hydrogen-bond donors (Lipinski definition) is 0. The molecule has 0 aliphatic heterocycles. The Balaban J connectivity index is 0.993. The SMILES string of the molecule is COc1ccc(-c2cccc(-c3ccc(N(c4ccc(-c5ccccc5)cc4)c4ccc(-c5cccc(-n6c7c(c8ccccc86)CCC=C7)c5)cc4)cc3)c2)cc1. The minimum Gasteiger partial charge on any atom is -0.497 e. The van der Waals surface area contributed by atoms with Crippen LogP contribution < -0.4 is 9.64 Å². The van der Waals surface area contributed by atoms with Gasteiger partial charge in [-0.2, -0.15) is 0 Å². The van der Waals surface area contributed by atoms with Gasteiger partial charge in [0.05, 0.1) is 12.6 Å². The molecule has 0 fully saturated rings. The summed E-state index contributed by atoms with van der Waals surface area (Å²) in [7, 11) is 1.70. The summed E-state index contributed by atoms with van der Waals surface area (Å²) in [4.78, 5) is 2.34. The molecular formula is C55H42N2O. The van der Waals surface area contributed by atoms with Crippen molar-refractivity contribution in [3.63, 3.8) is 0 Å². The minimum atomic E-state index is 0.857. The zero-order valence-electron chi connectivity index (χ0n) is 32.4. The fourth-order valence-electron chi connectivity index (χ4n) is 8.44. The zero-order chi connectivity index (χ0) is 38.8. The van der Waals surface area contributed by atoms with Crippen molar-refractivity contribution < 1.29 is 4.74 Å². The average molecular weight is 747 g/mol. The Morgan fingerprint density at radius 1 is 0.448 bits per heavy atom. The molecule has 8 aromatic carbocycles. The van der Waals surface area contributed by atoms with E-state index in [1.807, 2.05) is 12.1 Å². The van der Waals surface area contributed by atoms with Gasteiger partial charge >= 0.3 is 0 Å². The maximum atomic E-state index is 5.38. The van der Waals surface area contributed by atoms with Crippen molar-refractivity contribution in [2.45, 2.75) is 12.8 Å². The quantitative estimate of drug-likeness (QED) is 0.146. The van der Waals surface area contributed by atoms with Crippen molar-refractivity contribution in [2.75, 3.05) is 12.0 Å². The van der Waals surface area contributed by atoms with Gasteiger partial charge in [-0.05, 0) is 142 Å². The molecule has 0 amide bonds. The number of hydrogen-bond acceptors (Lipinski definition) is 2. The fraction of sp³-hybridized carbons (Fsp3) is 0.0545. The maximum Gasteiger partial charge on any atom is 0.118 e. The molecule has 0 bridgehead atoms.